The molecule has 4 rings (SSSR count). The maximum atomic E-state index is 13.7. The van der Waals surface area contributed by atoms with Crippen molar-refractivity contribution in [3.05, 3.63) is 60.9 Å². The number of nitrogens with zero attached hydrogens (tertiary/aromatic N) is 4. The lowest BCUT2D eigenvalue weighted by Gasteiger charge is -2.35. The van der Waals surface area contributed by atoms with Crippen molar-refractivity contribution >= 4 is 30.2 Å². The molecule has 18 nitrogen and oxygen atoms in total. The van der Waals surface area contributed by atoms with Crippen LogP contribution in [0.1, 0.15) is 104 Å². The molecular weight excluding hydrogens is 881 g/mol. The first-order valence-corrected chi connectivity index (χ1v) is 23.2. The van der Waals surface area contributed by atoms with E-state index >= 15 is 0 Å². The Morgan fingerprint density at radius 1 is 0.853 bits per heavy atom. The lowest BCUT2D eigenvalue weighted by atomic mass is 9.83. The fourth-order valence-corrected chi connectivity index (χ4v) is 8.20. The number of allylic oxidation sites excluding steroid dienone is 1. The lowest BCUT2D eigenvalue weighted by molar-refractivity contribution is -0.166. The fourth-order valence-electron chi connectivity index (χ4n) is 8.20. The zero-order valence-corrected chi connectivity index (χ0v) is 41.6. The molecule has 0 spiro atoms. The minimum atomic E-state index is -1.12. The number of carbonyl (C=O) groups is 4. The SMILES string of the molecule is CO[C@@H]([C@@H](C)[C@@H](CC[C@H](C)[C@H](C[C@@H]1OC(=O)C[C@@H](O)C/C=C/C(=O)[C@H](C)[C@H](C)c2coc(n2)-c2coc(n2)-c2coc(n2)/C=C/C[C@H](OC)[C@H]1C)OC)OC(=O)[C@@H](C)OC)[C@H](C)/C=C/N(C)C=O. The summed E-state index contributed by atoms with van der Waals surface area (Å²) in [7, 11) is 7.87. The Bertz CT molecular complexity index is 2130. The van der Waals surface area contributed by atoms with E-state index in [0.717, 1.165) is 0 Å². The molecule has 3 aromatic heterocycles. The highest BCUT2D eigenvalue weighted by Gasteiger charge is 2.36. The van der Waals surface area contributed by atoms with Gasteiger partial charge in [-0.3, -0.25) is 14.4 Å². The molecule has 6 bridgehead atoms. The van der Waals surface area contributed by atoms with E-state index in [4.69, 9.17) is 41.7 Å². The second kappa shape index (κ2) is 27.1. The number of rotatable bonds is 18. The van der Waals surface area contributed by atoms with Crippen LogP contribution in [0.5, 0.6) is 0 Å². The highest BCUT2D eigenvalue weighted by Crippen LogP contribution is 2.33. The molecule has 4 heterocycles. The van der Waals surface area contributed by atoms with Crippen LogP contribution < -0.4 is 0 Å². The predicted octanol–water partition coefficient (Wildman–Crippen LogP) is 7.63. The molecule has 13 atom stereocenters. The Labute approximate surface area is 399 Å². The first-order valence-electron chi connectivity index (χ1n) is 23.2. The van der Waals surface area contributed by atoms with Crippen molar-refractivity contribution in [2.24, 2.45) is 29.6 Å². The number of ketones is 1. The van der Waals surface area contributed by atoms with Crippen molar-refractivity contribution in [1.29, 1.82) is 0 Å². The third-order valence-corrected chi connectivity index (χ3v) is 13.1. The molecule has 0 saturated carbocycles. The smallest absolute Gasteiger partial charge is 0.335 e. The molecule has 3 aromatic rings. The summed E-state index contributed by atoms with van der Waals surface area (Å²) in [6, 6.07) is 0. The van der Waals surface area contributed by atoms with Gasteiger partial charge in [-0.1, -0.05) is 59.8 Å². The number of hydrogen-bond donors (Lipinski definition) is 1. The molecule has 376 valence electrons. The van der Waals surface area contributed by atoms with Gasteiger partial charge in [0.15, 0.2) is 23.3 Å². The molecule has 1 aliphatic rings. The summed E-state index contributed by atoms with van der Waals surface area (Å²) in [5.41, 5.74) is 1.25. The Morgan fingerprint density at radius 2 is 1.53 bits per heavy atom. The van der Waals surface area contributed by atoms with E-state index in [1.54, 1.807) is 60.6 Å². The van der Waals surface area contributed by atoms with Gasteiger partial charge in [0.25, 0.3) is 0 Å². The molecule has 0 aromatic carbocycles. The Hall–Kier alpha value is -5.27. The van der Waals surface area contributed by atoms with Gasteiger partial charge < -0.3 is 51.7 Å². The average Bonchev–Trinajstić information content (AvgIpc) is 4.13. The third kappa shape index (κ3) is 15.6. The Morgan fingerprint density at radius 3 is 2.21 bits per heavy atom. The third-order valence-electron chi connectivity index (χ3n) is 13.1. The predicted molar refractivity (Wildman–Crippen MR) is 250 cm³/mol. The van der Waals surface area contributed by atoms with E-state index in [9.17, 15) is 24.3 Å². The van der Waals surface area contributed by atoms with Crippen LogP contribution in [0.3, 0.4) is 0 Å². The average molecular weight is 953 g/mol. The molecule has 0 aliphatic carbocycles. The maximum absolute atomic E-state index is 13.7. The second-order valence-electron chi connectivity index (χ2n) is 17.9. The molecule has 1 amide bonds. The van der Waals surface area contributed by atoms with E-state index in [0.29, 0.717) is 48.6 Å². The van der Waals surface area contributed by atoms with Crippen molar-refractivity contribution in [2.75, 3.05) is 35.5 Å². The van der Waals surface area contributed by atoms with Crippen molar-refractivity contribution in [3.63, 3.8) is 0 Å². The Balaban J connectivity index is 1.59. The van der Waals surface area contributed by atoms with Gasteiger partial charge in [0.05, 0.1) is 36.5 Å². The summed E-state index contributed by atoms with van der Waals surface area (Å²) < 4.78 is 52.7. The number of carbonyl (C=O) groups excluding carboxylic acids is 4. The molecule has 0 unspecified atom stereocenters. The van der Waals surface area contributed by atoms with Crippen LogP contribution in [0, 0.1) is 29.6 Å². The van der Waals surface area contributed by atoms with E-state index in [2.05, 4.69) is 15.0 Å². The van der Waals surface area contributed by atoms with Crippen LogP contribution in [-0.2, 0) is 47.6 Å². The maximum Gasteiger partial charge on any atom is 0.335 e. The summed E-state index contributed by atoms with van der Waals surface area (Å²) in [5, 5.41) is 11.0. The second-order valence-corrected chi connectivity index (χ2v) is 17.9. The van der Waals surface area contributed by atoms with Gasteiger partial charge in [0.1, 0.15) is 31.0 Å². The minimum absolute atomic E-state index is 0.0402. The van der Waals surface area contributed by atoms with E-state index in [1.165, 1.54) is 36.9 Å². The van der Waals surface area contributed by atoms with Crippen molar-refractivity contribution < 1.29 is 66.0 Å². The van der Waals surface area contributed by atoms with Gasteiger partial charge in [0.2, 0.25) is 24.1 Å². The van der Waals surface area contributed by atoms with E-state index in [-0.39, 0.29) is 72.5 Å². The van der Waals surface area contributed by atoms with Gasteiger partial charge in [0, 0.05) is 77.7 Å². The van der Waals surface area contributed by atoms with Gasteiger partial charge in [-0.15, -0.1) is 0 Å². The zero-order chi connectivity index (χ0) is 50.1. The lowest BCUT2D eigenvalue weighted by Crippen LogP contribution is -2.41. The van der Waals surface area contributed by atoms with E-state index in [1.807, 2.05) is 46.8 Å². The fraction of sp³-hybridized carbons (Fsp3) is 0.620. The van der Waals surface area contributed by atoms with Crippen LogP contribution in [-0.4, -0.2) is 127 Å². The number of aliphatic hydroxyl groups excluding tert-OH is 1. The molecule has 1 N–H and O–H groups in total. The van der Waals surface area contributed by atoms with Crippen LogP contribution in [0.2, 0.25) is 0 Å². The highest BCUT2D eigenvalue weighted by molar-refractivity contribution is 5.92. The molecule has 0 saturated heterocycles. The number of fused-ring (bicyclic) bond motifs is 8. The summed E-state index contributed by atoms with van der Waals surface area (Å²) in [6.45, 7) is 13.2. The largest absolute Gasteiger partial charge is 0.462 e. The standard InChI is InChI=1S/C50H72N4O14/c1-29(19-20-42(68-50(59)35(7)60-9)34(6)47(63-12)30(2)21-22-54(8)28-55)43(62-11)24-44-33(5)41(61-10)17-14-18-45-51-38(26-64-45)48-53-39(27-66-48)49-52-37(25-65-49)31(3)32(4)40(57)16-13-15-36(56)23-46(58)67-44/h13-14,16,18,21-22,25-36,41-44,47,56H,15,17,19-20,23-24H2,1-12H3/b16-13+,18-14+,22-21+/t29-,30+,31-,32+,33+,34-,35+,36-,41-,42+,43-,44-,47+/m0/s1. The number of cyclic esters (lactones) is 1. The van der Waals surface area contributed by atoms with Crippen molar-refractivity contribution in [2.45, 2.75) is 136 Å². The summed E-state index contributed by atoms with van der Waals surface area (Å²) in [5.74, 6) is -2.34. The summed E-state index contributed by atoms with van der Waals surface area (Å²) in [4.78, 5) is 66.2. The number of aliphatic hydroxyl groups is 1. The van der Waals surface area contributed by atoms with Crippen LogP contribution in [0.4, 0.5) is 0 Å². The van der Waals surface area contributed by atoms with Gasteiger partial charge in [-0.25, -0.2) is 19.7 Å². The van der Waals surface area contributed by atoms with Gasteiger partial charge in [-0.2, -0.15) is 0 Å². The number of oxazole rings is 3. The normalized spacial score (nSPS) is 25.1. The van der Waals surface area contributed by atoms with E-state index < -0.39 is 54.5 Å². The Kier molecular flexibility index (Phi) is 22.0. The highest BCUT2D eigenvalue weighted by atomic mass is 16.6. The number of methoxy groups -OCH3 is 4. The molecular formula is C50H72N4O14. The number of ether oxygens (including phenoxy) is 6. The van der Waals surface area contributed by atoms with Crippen LogP contribution >= 0.6 is 0 Å². The molecule has 18 heteroatoms. The van der Waals surface area contributed by atoms with Gasteiger partial charge in [-0.05, 0) is 50.7 Å². The number of amides is 1. The van der Waals surface area contributed by atoms with Crippen molar-refractivity contribution in [3.8, 4) is 23.2 Å². The first kappa shape index (κ1) is 55.3. The van der Waals surface area contributed by atoms with Gasteiger partial charge >= 0.3 is 11.9 Å². The number of hydrogen-bond acceptors (Lipinski definition) is 17. The van der Waals surface area contributed by atoms with Crippen LogP contribution in [0.15, 0.2) is 62.5 Å². The number of aromatic nitrogens is 3. The zero-order valence-electron chi connectivity index (χ0n) is 41.6. The monoisotopic (exact) mass is 953 g/mol. The quantitative estimate of drug-likeness (QED) is 0.0955. The first-order chi connectivity index (χ1) is 32.4. The molecule has 68 heavy (non-hydrogen) atoms. The molecule has 1 aliphatic heterocycles. The minimum Gasteiger partial charge on any atom is -0.462 e. The number of esters is 2. The summed E-state index contributed by atoms with van der Waals surface area (Å²) in [6.07, 6.45) is 12.0. The van der Waals surface area contributed by atoms with Crippen molar-refractivity contribution in [1.82, 2.24) is 19.9 Å². The molecule has 0 fully saturated rings. The van der Waals surface area contributed by atoms with Crippen LogP contribution in [0.25, 0.3) is 29.2 Å². The molecule has 0 radical (unpaired) electrons. The topological polar surface area (TPSA) is 225 Å². The summed E-state index contributed by atoms with van der Waals surface area (Å²) >= 11 is 0.